The van der Waals surface area contributed by atoms with E-state index in [1.54, 1.807) is 0 Å². The predicted molar refractivity (Wildman–Crippen MR) is 51.0 cm³/mol. The van der Waals surface area contributed by atoms with Crippen molar-refractivity contribution in [3.8, 4) is 0 Å². The van der Waals surface area contributed by atoms with Gasteiger partial charge in [-0.05, 0) is 12.3 Å². The normalized spacial score (nSPS) is 10.7. The van der Waals surface area contributed by atoms with E-state index in [1.807, 2.05) is 0 Å². The average molecular weight is 183 g/mol. The molecule has 0 aliphatic carbocycles. The third-order valence-electron chi connectivity index (χ3n) is 1.68. The van der Waals surface area contributed by atoms with E-state index in [-0.39, 0.29) is 0 Å². The molecule has 0 aromatic carbocycles. The van der Waals surface area contributed by atoms with Gasteiger partial charge in [-0.25, -0.2) is 4.98 Å². The number of aromatic nitrogens is 1. The van der Waals surface area contributed by atoms with E-state index in [9.17, 15) is 4.79 Å². The number of thiazole rings is 1. The summed E-state index contributed by atoms with van der Waals surface area (Å²) >= 11 is 1.51. The zero-order valence-corrected chi connectivity index (χ0v) is 8.44. The summed E-state index contributed by atoms with van der Waals surface area (Å²) in [5, 5.41) is 1.06. The Hall–Kier alpha value is -0.700. The van der Waals surface area contributed by atoms with Crippen molar-refractivity contribution in [1.82, 2.24) is 4.98 Å². The van der Waals surface area contributed by atoms with Crippen molar-refractivity contribution in [2.75, 3.05) is 0 Å². The van der Waals surface area contributed by atoms with Crippen molar-refractivity contribution in [3.05, 3.63) is 15.6 Å². The van der Waals surface area contributed by atoms with Gasteiger partial charge in [-0.15, -0.1) is 11.3 Å². The van der Waals surface area contributed by atoms with Crippen LogP contribution in [0.2, 0.25) is 0 Å². The molecule has 0 N–H and O–H groups in total. The summed E-state index contributed by atoms with van der Waals surface area (Å²) in [5.41, 5.74) is 0.951. The summed E-state index contributed by atoms with van der Waals surface area (Å²) in [6, 6.07) is 0. The predicted octanol–water partition coefficient (Wildman–Crippen LogP) is 2.64. The molecule has 0 saturated carbocycles. The third kappa shape index (κ3) is 1.72. The van der Waals surface area contributed by atoms with Gasteiger partial charge >= 0.3 is 0 Å². The molecule has 0 aliphatic heterocycles. The Kier molecular flexibility index (Phi) is 2.98. The van der Waals surface area contributed by atoms with Gasteiger partial charge in [0, 0.05) is 0 Å². The van der Waals surface area contributed by atoms with Gasteiger partial charge in [-0.3, -0.25) is 4.79 Å². The molecular formula is C9H13NOS. The maximum absolute atomic E-state index is 10.6. The second-order valence-corrected chi connectivity index (χ2v) is 4.10. The maximum atomic E-state index is 10.6. The van der Waals surface area contributed by atoms with Crippen molar-refractivity contribution < 1.29 is 4.79 Å². The molecule has 1 aromatic rings. The standard InChI is InChI=1S/C9H13NOS/c1-4-8-10-9(6(2)3)7(5-11)12-8/h5-6H,4H2,1-3H3. The number of carbonyl (C=O) groups is 1. The van der Waals surface area contributed by atoms with Crippen LogP contribution in [0.1, 0.15) is 47.1 Å². The highest BCUT2D eigenvalue weighted by Gasteiger charge is 2.11. The molecule has 0 unspecified atom stereocenters. The molecule has 2 nitrogen and oxygen atoms in total. The first-order chi connectivity index (χ1) is 5.69. The second-order valence-electron chi connectivity index (χ2n) is 2.98. The first-order valence-electron chi connectivity index (χ1n) is 4.13. The summed E-state index contributed by atoms with van der Waals surface area (Å²) in [4.78, 5) is 15.8. The number of carbonyl (C=O) groups excluding carboxylic acids is 1. The molecule has 0 amide bonds. The Morgan fingerprint density at radius 1 is 1.58 bits per heavy atom. The van der Waals surface area contributed by atoms with Gasteiger partial charge in [0.05, 0.1) is 15.6 Å². The van der Waals surface area contributed by atoms with Crippen LogP contribution < -0.4 is 0 Å². The molecule has 1 aromatic heterocycles. The Bertz CT molecular complexity index is 278. The topological polar surface area (TPSA) is 30.0 Å². The Balaban J connectivity index is 3.08. The van der Waals surface area contributed by atoms with Crippen LogP contribution in [-0.4, -0.2) is 11.3 Å². The molecule has 3 heteroatoms. The van der Waals surface area contributed by atoms with Gasteiger partial charge < -0.3 is 0 Å². The molecule has 0 bridgehead atoms. The van der Waals surface area contributed by atoms with Crippen molar-refractivity contribution >= 4 is 17.6 Å². The summed E-state index contributed by atoms with van der Waals surface area (Å²) in [6.07, 6.45) is 1.82. The van der Waals surface area contributed by atoms with E-state index in [0.717, 1.165) is 28.3 Å². The van der Waals surface area contributed by atoms with Crippen LogP contribution in [-0.2, 0) is 6.42 Å². The molecule has 0 saturated heterocycles. The molecule has 0 aliphatic rings. The minimum absolute atomic E-state index is 0.349. The number of hydrogen-bond acceptors (Lipinski definition) is 3. The maximum Gasteiger partial charge on any atom is 0.161 e. The highest BCUT2D eigenvalue weighted by molar-refractivity contribution is 7.13. The van der Waals surface area contributed by atoms with Gasteiger partial charge in [-0.2, -0.15) is 0 Å². The molecule has 0 spiro atoms. The number of aldehydes is 1. The molecular weight excluding hydrogens is 170 g/mol. The molecule has 0 fully saturated rings. The Labute approximate surface area is 76.6 Å². The summed E-state index contributed by atoms with van der Waals surface area (Å²) < 4.78 is 0. The fraction of sp³-hybridized carbons (Fsp3) is 0.556. The minimum atomic E-state index is 0.349. The molecule has 0 atom stereocenters. The third-order valence-corrected chi connectivity index (χ3v) is 2.82. The SMILES string of the molecule is CCc1nc(C(C)C)c(C=O)s1. The zero-order valence-electron chi connectivity index (χ0n) is 7.63. The lowest BCUT2D eigenvalue weighted by molar-refractivity contribution is 0.112. The Morgan fingerprint density at radius 2 is 2.25 bits per heavy atom. The van der Waals surface area contributed by atoms with E-state index in [2.05, 4.69) is 25.8 Å². The van der Waals surface area contributed by atoms with Gasteiger partial charge in [-0.1, -0.05) is 20.8 Å². The number of nitrogens with zero attached hydrogens (tertiary/aromatic N) is 1. The molecule has 1 rings (SSSR count). The van der Waals surface area contributed by atoms with Crippen molar-refractivity contribution in [2.24, 2.45) is 0 Å². The van der Waals surface area contributed by atoms with Crippen LogP contribution in [0.3, 0.4) is 0 Å². The number of aryl methyl sites for hydroxylation is 1. The number of rotatable bonds is 3. The highest BCUT2D eigenvalue weighted by atomic mass is 32.1. The van der Waals surface area contributed by atoms with E-state index in [1.165, 1.54) is 11.3 Å². The van der Waals surface area contributed by atoms with Crippen molar-refractivity contribution in [1.29, 1.82) is 0 Å². The van der Waals surface area contributed by atoms with Crippen LogP contribution in [0.25, 0.3) is 0 Å². The Morgan fingerprint density at radius 3 is 2.58 bits per heavy atom. The van der Waals surface area contributed by atoms with Crippen LogP contribution in [0.4, 0.5) is 0 Å². The van der Waals surface area contributed by atoms with Gasteiger partial charge in [0.2, 0.25) is 0 Å². The first-order valence-corrected chi connectivity index (χ1v) is 4.95. The molecule has 1 heterocycles. The van der Waals surface area contributed by atoms with Crippen LogP contribution >= 0.6 is 11.3 Å². The fourth-order valence-electron chi connectivity index (χ4n) is 1.04. The number of hydrogen-bond donors (Lipinski definition) is 0. The van der Waals surface area contributed by atoms with E-state index in [4.69, 9.17) is 0 Å². The smallest absolute Gasteiger partial charge is 0.161 e. The summed E-state index contributed by atoms with van der Waals surface area (Å²) in [5.74, 6) is 0.349. The quantitative estimate of drug-likeness (QED) is 0.674. The van der Waals surface area contributed by atoms with Gasteiger partial charge in [0.15, 0.2) is 6.29 Å². The van der Waals surface area contributed by atoms with Crippen LogP contribution in [0.5, 0.6) is 0 Å². The lowest BCUT2D eigenvalue weighted by atomic mass is 10.1. The zero-order chi connectivity index (χ0) is 9.14. The summed E-state index contributed by atoms with van der Waals surface area (Å²) in [7, 11) is 0. The second kappa shape index (κ2) is 3.81. The molecule has 66 valence electrons. The van der Waals surface area contributed by atoms with Gasteiger partial charge in [0.25, 0.3) is 0 Å². The molecule has 0 radical (unpaired) electrons. The van der Waals surface area contributed by atoms with E-state index >= 15 is 0 Å². The fourth-order valence-corrected chi connectivity index (χ4v) is 2.02. The lowest BCUT2D eigenvalue weighted by Gasteiger charge is -1.98. The molecule has 12 heavy (non-hydrogen) atoms. The largest absolute Gasteiger partial charge is 0.297 e. The van der Waals surface area contributed by atoms with Crippen molar-refractivity contribution in [2.45, 2.75) is 33.1 Å². The van der Waals surface area contributed by atoms with Gasteiger partial charge in [0.1, 0.15) is 0 Å². The highest BCUT2D eigenvalue weighted by Crippen LogP contribution is 2.23. The van der Waals surface area contributed by atoms with Crippen LogP contribution in [0, 0.1) is 0 Å². The lowest BCUT2D eigenvalue weighted by Crippen LogP contribution is -1.92. The summed E-state index contributed by atoms with van der Waals surface area (Å²) in [6.45, 7) is 6.17. The monoisotopic (exact) mass is 183 g/mol. The van der Waals surface area contributed by atoms with Crippen molar-refractivity contribution in [3.63, 3.8) is 0 Å². The average Bonchev–Trinajstić information content (AvgIpc) is 2.47. The minimum Gasteiger partial charge on any atom is -0.297 e. The first kappa shape index (κ1) is 9.39. The van der Waals surface area contributed by atoms with Crippen LogP contribution in [0.15, 0.2) is 0 Å². The van der Waals surface area contributed by atoms with E-state index < -0.39 is 0 Å². The van der Waals surface area contributed by atoms with E-state index in [0.29, 0.717) is 5.92 Å².